The standard InChI is InChI=1S/C23H24N2O6/c1-30-20-11-19(26)8-7-16(20)12-24-13-17(10-21(24)27)22(28)25-18(14-31-23(25)29)9-15-5-3-2-4-6-15/h2-8,11,17-18,26H,9-10,12-14H2,1H3/t17-,18-/m0/s1. The van der Waals surface area contributed by atoms with E-state index in [1.54, 1.807) is 11.0 Å². The number of likely N-dealkylation sites (tertiary alicyclic amines) is 1. The molecule has 162 valence electrons. The van der Waals surface area contributed by atoms with Crippen LogP contribution in [0.25, 0.3) is 0 Å². The number of imide groups is 1. The molecular formula is C23H24N2O6. The maximum Gasteiger partial charge on any atom is 0.416 e. The molecule has 2 aromatic rings. The van der Waals surface area contributed by atoms with E-state index in [1.165, 1.54) is 24.1 Å². The van der Waals surface area contributed by atoms with E-state index in [1.807, 2.05) is 30.3 Å². The number of hydrogen-bond acceptors (Lipinski definition) is 6. The average Bonchev–Trinajstić information content (AvgIpc) is 3.32. The molecule has 0 aromatic heterocycles. The van der Waals surface area contributed by atoms with Crippen molar-refractivity contribution in [1.29, 1.82) is 0 Å². The zero-order valence-electron chi connectivity index (χ0n) is 17.2. The summed E-state index contributed by atoms with van der Waals surface area (Å²) in [5.74, 6) is -0.621. The van der Waals surface area contributed by atoms with Gasteiger partial charge in [0.25, 0.3) is 0 Å². The van der Waals surface area contributed by atoms with Crippen molar-refractivity contribution in [3.05, 3.63) is 59.7 Å². The van der Waals surface area contributed by atoms with Gasteiger partial charge in [-0.15, -0.1) is 0 Å². The first-order valence-corrected chi connectivity index (χ1v) is 10.1. The Labute approximate surface area is 180 Å². The number of aromatic hydroxyl groups is 1. The summed E-state index contributed by atoms with van der Waals surface area (Å²) in [5, 5.41) is 9.62. The van der Waals surface area contributed by atoms with Crippen LogP contribution in [0.5, 0.6) is 11.5 Å². The Morgan fingerprint density at radius 2 is 1.97 bits per heavy atom. The molecule has 3 amide bonds. The van der Waals surface area contributed by atoms with Crippen LogP contribution in [0.1, 0.15) is 17.5 Å². The Hall–Kier alpha value is -3.55. The highest BCUT2D eigenvalue weighted by Crippen LogP contribution is 2.30. The highest BCUT2D eigenvalue weighted by atomic mass is 16.6. The topological polar surface area (TPSA) is 96.4 Å². The summed E-state index contributed by atoms with van der Waals surface area (Å²) in [6.07, 6.45) is -0.105. The number of rotatable bonds is 6. The van der Waals surface area contributed by atoms with Crippen LogP contribution in [0.4, 0.5) is 4.79 Å². The zero-order valence-corrected chi connectivity index (χ0v) is 17.2. The van der Waals surface area contributed by atoms with E-state index < -0.39 is 12.0 Å². The molecule has 2 atom stereocenters. The first kappa shape index (κ1) is 20.7. The molecule has 2 heterocycles. The minimum Gasteiger partial charge on any atom is -0.508 e. The quantitative estimate of drug-likeness (QED) is 0.765. The summed E-state index contributed by atoms with van der Waals surface area (Å²) in [5.41, 5.74) is 1.73. The third kappa shape index (κ3) is 4.33. The maximum absolute atomic E-state index is 13.2. The van der Waals surface area contributed by atoms with Crippen molar-refractivity contribution < 1.29 is 29.0 Å². The molecule has 2 aliphatic rings. The van der Waals surface area contributed by atoms with E-state index in [4.69, 9.17) is 9.47 Å². The molecule has 0 bridgehead atoms. The molecule has 31 heavy (non-hydrogen) atoms. The fraction of sp³-hybridized carbons (Fsp3) is 0.348. The van der Waals surface area contributed by atoms with Gasteiger partial charge in [-0.2, -0.15) is 0 Å². The molecule has 0 saturated carbocycles. The van der Waals surface area contributed by atoms with Crippen molar-refractivity contribution in [1.82, 2.24) is 9.80 Å². The number of phenols is 1. The van der Waals surface area contributed by atoms with Gasteiger partial charge in [-0.1, -0.05) is 30.3 Å². The molecule has 0 unspecified atom stereocenters. The minimum atomic E-state index is -0.656. The van der Waals surface area contributed by atoms with Crippen molar-refractivity contribution in [3.63, 3.8) is 0 Å². The third-order valence-corrected chi connectivity index (χ3v) is 5.71. The first-order valence-electron chi connectivity index (χ1n) is 10.1. The fourth-order valence-corrected chi connectivity index (χ4v) is 4.12. The monoisotopic (exact) mass is 424 g/mol. The van der Waals surface area contributed by atoms with Crippen molar-refractivity contribution in [2.24, 2.45) is 5.92 Å². The van der Waals surface area contributed by atoms with Crippen LogP contribution < -0.4 is 4.74 Å². The molecule has 0 spiro atoms. The largest absolute Gasteiger partial charge is 0.508 e. The molecular weight excluding hydrogens is 400 g/mol. The number of methoxy groups -OCH3 is 1. The normalized spacial score (nSPS) is 20.8. The Morgan fingerprint density at radius 3 is 2.71 bits per heavy atom. The molecule has 8 heteroatoms. The summed E-state index contributed by atoms with van der Waals surface area (Å²) in [4.78, 5) is 40.8. The van der Waals surface area contributed by atoms with Gasteiger partial charge in [-0.05, 0) is 24.1 Å². The second-order valence-electron chi connectivity index (χ2n) is 7.80. The Kier molecular flexibility index (Phi) is 5.79. The number of cyclic esters (lactones) is 1. The van der Waals surface area contributed by atoms with E-state index in [0.717, 1.165) is 11.1 Å². The summed E-state index contributed by atoms with van der Waals surface area (Å²) in [6.45, 7) is 0.613. The number of nitrogens with zero attached hydrogens (tertiary/aromatic N) is 2. The Morgan fingerprint density at radius 1 is 1.19 bits per heavy atom. The van der Waals surface area contributed by atoms with Crippen molar-refractivity contribution in [2.75, 3.05) is 20.3 Å². The van der Waals surface area contributed by atoms with Crippen molar-refractivity contribution >= 4 is 17.9 Å². The average molecular weight is 424 g/mol. The van der Waals surface area contributed by atoms with E-state index >= 15 is 0 Å². The van der Waals surface area contributed by atoms with Crippen LogP contribution in [0.2, 0.25) is 0 Å². The van der Waals surface area contributed by atoms with E-state index in [2.05, 4.69) is 0 Å². The number of carbonyl (C=O) groups is 3. The molecule has 4 rings (SSSR count). The van der Waals surface area contributed by atoms with Crippen molar-refractivity contribution in [3.8, 4) is 11.5 Å². The van der Waals surface area contributed by atoms with Gasteiger partial charge >= 0.3 is 6.09 Å². The molecule has 1 N–H and O–H groups in total. The minimum absolute atomic E-state index is 0.0427. The highest BCUT2D eigenvalue weighted by molar-refractivity contribution is 5.98. The van der Waals surface area contributed by atoms with Crippen LogP contribution in [0.3, 0.4) is 0 Å². The van der Waals surface area contributed by atoms with Gasteiger partial charge in [0.2, 0.25) is 11.8 Å². The number of benzene rings is 2. The number of carbonyl (C=O) groups excluding carboxylic acids is 3. The summed E-state index contributed by atoms with van der Waals surface area (Å²) in [7, 11) is 1.49. The first-order chi connectivity index (χ1) is 15.0. The summed E-state index contributed by atoms with van der Waals surface area (Å²) in [6, 6.07) is 13.9. The van der Waals surface area contributed by atoms with Gasteiger partial charge in [0.1, 0.15) is 18.1 Å². The summed E-state index contributed by atoms with van der Waals surface area (Å²) < 4.78 is 10.4. The van der Waals surface area contributed by atoms with E-state index in [0.29, 0.717) is 12.2 Å². The lowest BCUT2D eigenvalue weighted by molar-refractivity contribution is -0.134. The second kappa shape index (κ2) is 8.67. The highest BCUT2D eigenvalue weighted by Gasteiger charge is 2.44. The van der Waals surface area contributed by atoms with Gasteiger partial charge in [-0.25, -0.2) is 9.69 Å². The smallest absolute Gasteiger partial charge is 0.416 e. The molecule has 2 saturated heterocycles. The summed E-state index contributed by atoms with van der Waals surface area (Å²) >= 11 is 0. The maximum atomic E-state index is 13.2. The predicted molar refractivity (Wildman–Crippen MR) is 110 cm³/mol. The lowest BCUT2D eigenvalue weighted by Crippen LogP contribution is -2.44. The molecule has 8 nitrogen and oxygen atoms in total. The van der Waals surface area contributed by atoms with Crippen LogP contribution in [-0.4, -0.2) is 59.1 Å². The fourth-order valence-electron chi connectivity index (χ4n) is 4.12. The lowest BCUT2D eigenvalue weighted by atomic mass is 10.0. The predicted octanol–water partition coefficient (Wildman–Crippen LogP) is 2.34. The van der Waals surface area contributed by atoms with Crippen LogP contribution in [-0.2, 0) is 27.3 Å². The van der Waals surface area contributed by atoms with Crippen LogP contribution >= 0.6 is 0 Å². The van der Waals surface area contributed by atoms with Crippen LogP contribution in [0.15, 0.2) is 48.5 Å². The van der Waals surface area contributed by atoms with Crippen molar-refractivity contribution in [2.45, 2.75) is 25.4 Å². The third-order valence-electron chi connectivity index (χ3n) is 5.71. The van der Waals surface area contributed by atoms with Crippen LogP contribution in [0, 0.1) is 5.92 Å². The zero-order chi connectivity index (χ0) is 22.0. The molecule has 2 aliphatic heterocycles. The van der Waals surface area contributed by atoms with Gasteiger partial charge in [0.15, 0.2) is 0 Å². The van der Waals surface area contributed by atoms with E-state index in [9.17, 15) is 19.5 Å². The molecule has 2 fully saturated rings. The number of amides is 3. The lowest BCUT2D eigenvalue weighted by Gasteiger charge is -2.23. The van der Waals surface area contributed by atoms with Gasteiger partial charge in [0, 0.05) is 31.1 Å². The number of hydrogen-bond donors (Lipinski definition) is 1. The number of phenolic OH excluding ortho intramolecular Hbond substituents is 1. The molecule has 2 aromatic carbocycles. The Balaban J connectivity index is 1.45. The molecule has 0 radical (unpaired) electrons. The SMILES string of the molecule is COc1cc(O)ccc1CN1C[C@@H](C(=O)N2C(=O)OC[C@@H]2Cc2ccccc2)CC1=O. The van der Waals surface area contributed by atoms with Gasteiger partial charge < -0.3 is 19.5 Å². The van der Waals surface area contributed by atoms with E-state index in [-0.39, 0.29) is 49.7 Å². The Bertz CT molecular complexity index is 993. The van der Waals surface area contributed by atoms with Gasteiger partial charge in [0.05, 0.1) is 19.1 Å². The number of ether oxygens (including phenoxy) is 2. The molecule has 0 aliphatic carbocycles. The second-order valence-corrected chi connectivity index (χ2v) is 7.80. The van der Waals surface area contributed by atoms with Gasteiger partial charge in [-0.3, -0.25) is 9.59 Å².